The second-order valence-electron chi connectivity index (χ2n) is 4.16. The fourth-order valence-corrected chi connectivity index (χ4v) is 1.70. The highest BCUT2D eigenvalue weighted by molar-refractivity contribution is 6.01. The molecule has 2 rings (SSSR count). The normalized spacial score (nSPS) is 15.5. The third-order valence-corrected chi connectivity index (χ3v) is 2.58. The Kier molecular flexibility index (Phi) is 3.88. The van der Waals surface area contributed by atoms with Crippen molar-refractivity contribution in [2.75, 3.05) is 6.54 Å². The first-order valence-corrected chi connectivity index (χ1v) is 6.02. The predicted octanol–water partition coefficient (Wildman–Crippen LogP) is 0.433. The van der Waals surface area contributed by atoms with Crippen LogP contribution in [-0.2, 0) is 16.0 Å². The first kappa shape index (κ1) is 13.2. The maximum atomic E-state index is 11.5. The fourth-order valence-electron chi connectivity index (χ4n) is 1.70. The van der Waals surface area contributed by atoms with Crippen molar-refractivity contribution >= 4 is 17.6 Å². The van der Waals surface area contributed by atoms with Gasteiger partial charge in [-0.2, -0.15) is 10.1 Å². The lowest BCUT2D eigenvalue weighted by atomic mass is 10.1. The monoisotopic (exact) mass is 266 g/mol. The van der Waals surface area contributed by atoms with Crippen LogP contribution in [0.15, 0.2) is 9.62 Å². The maximum Gasteiger partial charge on any atom is 0.325 e. The van der Waals surface area contributed by atoms with Crippen molar-refractivity contribution in [3.05, 3.63) is 11.7 Å². The Morgan fingerprint density at radius 1 is 1.47 bits per heavy atom. The number of aliphatic carboxylic acids is 1. The van der Waals surface area contributed by atoms with Crippen molar-refractivity contribution in [2.45, 2.75) is 32.6 Å². The van der Waals surface area contributed by atoms with Gasteiger partial charge in [-0.25, -0.2) is 5.01 Å². The molecule has 1 aromatic rings. The first-order valence-electron chi connectivity index (χ1n) is 6.02. The minimum absolute atomic E-state index is 0.192. The molecular weight excluding hydrogens is 252 g/mol. The molecule has 102 valence electrons. The van der Waals surface area contributed by atoms with Crippen LogP contribution < -0.4 is 0 Å². The van der Waals surface area contributed by atoms with Crippen molar-refractivity contribution in [3.8, 4) is 0 Å². The van der Waals surface area contributed by atoms with Crippen LogP contribution in [0.5, 0.6) is 0 Å². The van der Waals surface area contributed by atoms with E-state index in [2.05, 4.69) is 15.2 Å². The highest BCUT2D eigenvalue weighted by Crippen LogP contribution is 2.14. The van der Waals surface area contributed by atoms with Gasteiger partial charge in [-0.05, 0) is 6.42 Å². The number of carboxylic acid groups (broad SMARTS) is 1. The molecule has 0 bridgehead atoms. The van der Waals surface area contributed by atoms with E-state index >= 15 is 0 Å². The lowest BCUT2D eigenvalue weighted by Gasteiger charge is -2.20. The molecule has 1 amide bonds. The van der Waals surface area contributed by atoms with E-state index in [-0.39, 0.29) is 18.2 Å². The van der Waals surface area contributed by atoms with Crippen LogP contribution in [0, 0.1) is 0 Å². The van der Waals surface area contributed by atoms with Gasteiger partial charge in [0.1, 0.15) is 12.3 Å². The van der Waals surface area contributed by atoms with Crippen molar-refractivity contribution in [1.82, 2.24) is 15.1 Å². The topological polar surface area (TPSA) is 109 Å². The van der Waals surface area contributed by atoms with Crippen LogP contribution in [0.4, 0.5) is 0 Å². The second-order valence-corrected chi connectivity index (χ2v) is 4.16. The van der Waals surface area contributed by atoms with Gasteiger partial charge in [0, 0.05) is 19.3 Å². The Bertz CT molecular complexity index is 523. The fraction of sp³-hybridized carbons (Fsp3) is 0.545. The lowest BCUT2D eigenvalue weighted by molar-refractivity contribution is -0.144. The Balaban J connectivity index is 2.18. The zero-order chi connectivity index (χ0) is 13.8. The van der Waals surface area contributed by atoms with Gasteiger partial charge >= 0.3 is 5.97 Å². The average molecular weight is 266 g/mol. The van der Waals surface area contributed by atoms with Gasteiger partial charge in [0.25, 0.3) is 5.89 Å². The molecule has 2 heterocycles. The van der Waals surface area contributed by atoms with E-state index in [4.69, 9.17) is 9.63 Å². The Morgan fingerprint density at radius 3 is 2.95 bits per heavy atom. The van der Waals surface area contributed by atoms with Crippen molar-refractivity contribution in [3.63, 3.8) is 0 Å². The minimum Gasteiger partial charge on any atom is -0.480 e. The summed E-state index contributed by atoms with van der Waals surface area (Å²) in [6.07, 6.45) is 2.17. The van der Waals surface area contributed by atoms with Crippen LogP contribution in [-0.4, -0.2) is 44.4 Å². The first-order chi connectivity index (χ1) is 9.10. The molecule has 0 saturated heterocycles. The SMILES string of the molecule is CCCc1noc(C2=NN(CC(=O)O)C(=O)CC2)n1. The van der Waals surface area contributed by atoms with Gasteiger partial charge in [-0.3, -0.25) is 9.59 Å². The number of aryl methyl sites for hydroxylation is 1. The number of carboxylic acids is 1. The van der Waals surface area contributed by atoms with Gasteiger partial charge < -0.3 is 9.63 Å². The summed E-state index contributed by atoms with van der Waals surface area (Å²) in [5, 5.41) is 17.4. The molecule has 0 spiro atoms. The van der Waals surface area contributed by atoms with Crippen LogP contribution >= 0.6 is 0 Å². The summed E-state index contributed by atoms with van der Waals surface area (Å²) >= 11 is 0. The summed E-state index contributed by atoms with van der Waals surface area (Å²) in [7, 11) is 0. The van der Waals surface area contributed by atoms with E-state index in [9.17, 15) is 9.59 Å². The zero-order valence-electron chi connectivity index (χ0n) is 10.5. The van der Waals surface area contributed by atoms with Gasteiger partial charge in [-0.1, -0.05) is 12.1 Å². The molecule has 8 nitrogen and oxygen atoms in total. The number of nitrogens with zero attached hydrogens (tertiary/aromatic N) is 4. The van der Waals surface area contributed by atoms with Gasteiger partial charge in [0.05, 0.1) is 0 Å². The van der Waals surface area contributed by atoms with Crippen molar-refractivity contribution in [1.29, 1.82) is 0 Å². The number of hydrogen-bond acceptors (Lipinski definition) is 6. The largest absolute Gasteiger partial charge is 0.480 e. The molecule has 0 saturated carbocycles. The molecule has 1 aromatic heterocycles. The number of hydrazone groups is 1. The summed E-state index contributed by atoms with van der Waals surface area (Å²) in [4.78, 5) is 26.3. The number of aromatic nitrogens is 2. The van der Waals surface area contributed by atoms with Crippen molar-refractivity contribution < 1.29 is 19.2 Å². The lowest BCUT2D eigenvalue weighted by Crippen LogP contribution is -2.35. The summed E-state index contributed by atoms with van der Waals surface area (Å²) in [6.45, 7) is 1.54. The second kappa shape index (κ2) is 5.59. The van der Waals surface area contributed by atoms with Gasteiger partial charge in [-0.15, -0.1) is 0 Å². The zero-order valence-corrected chi connectivity index (χ0v) is 10.5. The van der Waals surface area contributed by atoms with Crippen molar-refractivity contribution in [2.24, 2.45) is 5.10 Å². The summed E-state index contributed by atoms with van der Waals surface area (Å²) in [6, 6.07) is 0. The Labute approximate surface area is 109 Å². The molecule has 1 aliphatic rings. The standard InChI is InChI=1S/C11H14N4O4/c1-2-3-8-12-11(19-14-8)7-4-5-9(16)15(13-7)6-10(17)18/h2-6H2,1H3,(H,17,18). The summed E-state index contributed by atoms with van der Waals surface area (Å²) < 4.78 is 5.07. The molecule has 8 heteroatoms. The van der Waals surface area contributed by atoms with Crippen LogP contribution in [0.1, 0.15) is 37.9 Å². The quantitative estimate of drug-likeness (QED) is 0.827. The molecule has 0 radical (unpaired) electrons. The highest BCUT2D eigenvalue weighted by atomic mass is 16.5. The molecule has 0 aliphatic carbocycles. The molecule has 19 heavy (non-hydrogen) atoms. The van der Waals surface area contributed by atoms with E-state index in [0.717, 1.165) is 11.4 Å². The van der Waals surface area contributed by atoms with Crippen LogP contribution in [0.3, 0.4) is 0 Å². The maximum absolute atomic E-state index is 11.5. The van der Waals surface area contributed by atoms with Gasteiger partial charge in [0.15, 0.2) is 5.82 Å². The van der Waals surface area contributed by atoms with E-state index in [1.165, 1.54) is 0 Å². The third-order valence-electron chi connectivity index (χ3n) is 2.58. The minimum atomic E-state index is -1.12. The molecule has 0 unspecified atom stereocenters. The predicted molar refractivity (Wildman–Crippen MR) is 63.4 cm³/mol. The number of carbonyl (C=O) groups is 2. The van der Waals surface area contributed by atoms with E-state index in [1.54, 1.807) is 0 Å². The molecule has 1 N–H and O–H groups in total. The molecule has 0 atom stereocenters. The number of carbonyl (C=O) groups excluding carboxylic acids is 1. The molecular formula is C11H14N4O4. The number of hydrogen-bond donors (Lipinski definition) is 1. The highest BCUT2D eigenvalue weighted by Gasteiger charge is 2.25. The van der Waals surface area contributed by atoms with Crippen LogP contribution in [0.2, 0.25) is 0 Å². The third kappa shape index (κ3) is 3.15. The van der Waals surface area contributed by atoms with Crippen LogP contribution in [0.25, 0.3) is 0 Å². The summed E-state index contributed by atoms with van der Waals surface area (Å²) in [5.74, 6) is -0.594. The van der Waals surface area contributed by atoms with E-state index in [1.807, 2.05) is 6.92 Å². The van der Waals surface area contributed by atoms with E-state index < -0.39 is 12.5 Å². The molecule has 0 aromatic carbocycles. The average Bonchev–Trinajstić information content (AvgIpc) is 2.80. The van der Waals surface area contributed by atoms with Gasteiger partial charge in [0.2, 0.25) is 5.91 Å². The molecule has 0 fully saturated rings. The number of amides is 1. The Morgan fingerprint density at radius 2 is 2.26 bits per heavy atom. The smallest absolute Gasteiger partial charge is 0.325 e. The van der Waals surface area contributed by atoms with E-state index in [0.29, 0.717) is 24.4 Å². The summed E-state index contributed by atoms with van der Waals surface area (Å²) in [5.41, 5.74) is 0.454. The Hall–Kier alpha value is -2.25. The number of rotatable bonds is 5. The molecule has 1 aliphatic heterocycles.